The fourth-order valence-corrected chi connectivity index (χ4v) is 3.96. The van der Waals surface area contributed by atoms with Crippen molar-refractivity contribution in [3.05, 3.63) is 35.4 Å². The Morgan fingerprint density at radius 1 is 1.26 bits per heavy atom. The molecule has 0 unspecified atom stereocenters. The predicted molar refractivity (Wildman–Crippen MR) is 96.1 cm³/mol. The van der Waals surface area contributed by atoms with Gasteiger partial charge in [-0.25, -0.2) is 0 Å². The lowest BCUT2D eigenvalue weighted by atomic mass is 9.86. The number of rotatable bonds is 8. The molecule has 1 aliphatic carbocycles. The van der Waals surface area contributed by atoms with Crippen LogP contribution < -0.4 is 5.32 Å². The number of carbonyl (C=O) groups is 1. The molecule has 4 heteroatoms. The zero-order valence-corrected chi connectivity index (χ0v) is 14.5. The van der Waals surface area contributed by atoms with Crippen LogP contribution in [0.2, 0.25) is 0 Å². The van der Waals surface area contributed by atoms with Crippen molar-refractivity contribution in [2.24, 2.45) is 5.92 Å². The SMILES string of the molecule is N#Cc1ccccc1CSCCNC(=O)CCC1CCCCC1. The van der Waals surface area contributed by atoms with E-state index >= 15 is 0 Å². The lowest BCUT2D eigenvalue weighted by Gasteiger charge is -2.20. The number of hydrogen-bond acceptors (Lipinski definition) is 3. The van der Waals surface area contributed by atoms with Crippen molar-refractivity contribution < 1.29 is 4.79 Å². The summed E-state index contributed by atoms with van der Waals surface area (Å²) in [5.74, 6) is 2.66. The molecular formula is C19H26N2OS. The van der Waals surface area contributed by atoms with E-state index < -0.39 is 0 Å². The quantitative estimate of drug-likeness (QED) is 0.724. The highest BCUT2D eigenvalue weighted by atomic mass is 32.2. The van der Waals surface area contributed by atoms with Crippen molar-refractivity contribution >= 4 is 17.7 Å². The highest BCUT2D eigenvalue weighted by Gasteiger charge is 2.14. The van der Waals surface area contributed by atoms with Gasteiger partial charge in [-0.05, 0) is 24.0 Å². The Morgan fingerprint density at radius 3 is 2.83 bits per heavy atom. The van der Waals surface area contributed by atoms with Crippen LogP contribution in [0.5, 0.6) is 0 Å². The number of amides is 1. The van der Waals surface area contributed by atoms with Gasteiger partial charge in [0.25, 0.3) is 0 Å². The van der Waals surface area contributed by atoms with Gasteiger partial charge in [0.2, 0.25) is 5.91 Å². The normalized spacial score (nSPS) is 15.1. The maximum absolute atomic E-state index is 11.9. The Bertz CT molecular complexity index is 532. The smallest absolute Gasteiger partial charge is 0.220 e. The first-order chi connectivity index (χ1) is 11.3. The number of benzene rings is 1. The van der Waals surface area contributed by atoms with Crippen LogP contribution >= 0.6 is 11.8 Å². The first-order valence-electron chi connectivity index (χ1n) is 8.62. The highest BCUT2D eigenvalue weighted by Crippen LogP contribution is 2.27. The van der Waals surface area contributed by atoms with Crippen LogP contribution in [0.1, 0.15) is 56.1 Å². The summed E-state index contributed by atoms with van der Waals surface area (Å²) >= 11 is 1.76. The molecule has 23 heavy (non-hydrogen) atoms. The molecule has 0 spiro atoms. The Hall–Kier alpha value is -1.47. The van der Waals surface area contributed by atoms with E-state index in [4.69, 9.17) is 5.26 Å². The molecule has 1 amide bonds. The summed E-state index contributed by atoms with van der Waals surface area (Å²) in [7, 11) is 0. The van der Waals surface area contributed by atoms with Crippen LogP contribution in [0.3, 0.4) is 0 Å². The van der Waals surface area contributed by atoms with Crippen LogP contribution in [0.15, 0.2) is 24.3 Å². The second-order valence-corrected chi connectivity index (χ2v) is 7.32. The molecule has 0 saturated heterocycles. The highest BCUT2D eigenvalue weighted by molar-refractivity contribution is 7.98. The van der Waals surface area contributed by atoms with Crippen molar-refractivity contribution in [1.82, 2.24) is 5.32 Å². The van der Waals surface area contributed by atoms with Gasteiger partial charge in [0.1, 0.15) is 0 Å². The molecule has 0 heterocycles. The molecule has 1 N–H and O–H groups in total. The van der Waals surface area contributed by atoms with E-state index in [1.807, 2.05) is 24.3 Å². The summed E-state index contributed by atoms with van der Waals surface area (Å²) in [5, 5.41) is 12.1. The third kappa shape index (κ3) is 6.66. The summed E-state index contributed by atoms with van der Waals surface area (Å²) in [6, 6.07) is 9.91. The van der Waals surface area contributed by atoms with E-state index in [1.54, 1.807) is 11.8 Å². The Kier molecular flexibility index (Phi) is 8.03. The average molecular weight is 330 g/mol. The number of nitriles is 1. The Balaban J connectivity index is 1.54. The number of hydrogen-bond donors (Lipinski definition) is 1. The van der Waals surface area contributed by atoms with Gasteiger partial charge in [-0.2, -0.15) is 17.0 Å². The van der Waals surface area contributed by atoms with Crippen LogP contribution in [0.25, 0.3) is 0 Å². The number of nitrogens with zero attached hydrogens (tertiary/aromatic N) is 1. The van der Waals surface area contributed by atoms with Gasteiger partial charge < -0.3 is 5.32 Å². The van der Waals surface area contributed by atoms with Gasteiger partial charge in [-0.1, -0.05) is 50.3 Å². The van der Waals surface area contributed by atoms with Crippen LogP contribution in [-0.4, -0.2) is 18.2 Å². The Morgan fingerprint density at radius 2 is 2.04 bits per heavy atom. The van der Waals surface area contributed by atoms with Gasteiger partial charge in [0.15, 0.2) is 0 Å². The van der Waals surface area contributed by atoms with E-state index in [2.05, 4.69) is 11.4 Å². The van der Waals surface area contributed by atoms with Crippen molar-refractivity contribution in [1.29, 1.82) is 5.26 Å². The summed E-state index contributed by atoms with van der Waals surface area (Å²) in [5.41, 5.74) is 1.82. The minimum atomic E-state index is 0.189. The maximum atomic E-state index is 11.9. The zero-order chi connectivity index (χ0) is 16.3. The molecule has 3 nitrogen and oxygen atoms in total. The molecule has 0 aliphatic heterocycles. The van der Waals surface area contributed by atoms with E-state index in [0.717, 1.165) is 35.0 Å². The average Bonchev–Trinajstić information content (AvgIpc) is 2.61. The van der Waals surface area contributed by atoms with Gasteiger partial charge in [-0.15, -0.1) is 0 Å². The Labute approximate surface area is 143 Å². The van der Waals surface area contributed by atoms with Crippen LogP contribution in [-0.2, 0) is 10.5 Å². The van der Waals surface area contributed by atoms with Crippen molar-refractivity contribution in [3.8, 4) is 6.07 Å². The van der Waals surface area contributed by atoms with E-state index in [9.17, 15) is 4.79 Å². The molecule has 1 aromatic rings. The molecule has 124 valence electrons. The van der Waals surface area contributed by atoms with E-state index in [0.29, 0.717) is 13.0 Å². The number of thioether (sulfide) groups is 1. The monoisotopic (exact) mass is 330 g/mol. The first kappa shape index (κ1) is 17.9. The summed E-state index contributed by atoms with van der Waals surface area (Å²) in [6.45, 7) is 0.711. The topological polar surface area (TPSA) is 52.9 Å². The third-order valence-corrected chi connectivity index (χ3v) is 5.48. The molecule has 1 fully saturated rings. The third-order valence-electron chi connectivity index (χ3n) is 4.47. The minimum Gasteiger partial charge on any atom is -0.355 e. The van der Waals surface area contributed by atoms with Crippen molar-refractivity contribution in [2.45, 2.75) is 50.7 Å². The maximum Gasteiger partial charge on any atom is 0.220 e. The van der Waals surface area contributed by atoms with Crippen LogP contribution in [0.4, 0.5) is 0 Å². The lowest BCUT2D eigenvalue weighted by molar-refractivity contribution is -0.121. The molecule has 1 aliphatic rings. The van der Waals surface area contributed by atoms with Crippen molar-refractivity contribution in [3.63, 3.8) is 0 Å². The van der Waals surface area contributed by atoms with Gasteiger partial charge in [0.05, 0.1) is 11.6 Å². The number of carbonyl (C=O) groups excluding carboxylic acids is 1. The largest absolute Gasteiger partial charge is 0.355 e. The van der Waals surface area contributed by atoms with Gasteiger partial charge in [-0.3, -0.25) is 4.79 Å². The second kappa shape index (κ2) is 10.3. The summed E-state index contributed by atoms with van der Waals surface area (Å²) in [4.78, 5) is 11.9. The van der Waals surface area contributed by atoms with Gasteiger partial charge >= 0.3 is 0 Å². The standard InChI is InChI=1S/C19H26N2OS/c20-14-17-8-4-5-9-18(17)15-23-13-12-21-19(22)11-10-16-6-2-1-3-7-16/h4-5,8-9,16H,1-3,6-7,10-13,15H2,(H,21,22). The molecule has 0 radical (unpaired) electrons. The molecule has 0 atom stereocenters. The zero-order valence-electron chi connectivity index (χ0n) is 13.7. The fraction of sp³-hybridized carbons (Fsp3) is 0.579. The van der Waals surface area contributed by atoms with E-state index in [1.165, 1.54) is 32.1 Å². The molecular weight excluding hydrogens is 304 g/mol. The lowest BCUT2D eigenvalue weighted by Crippen LogP contribution is -2.26. The molecule has 1 saturated carbocycles. The molecule has 0 bridgehead atoms. The van der Waals surface area contributed by atoms with Gasteiger partial charge in [0, 0.05) is 24.5 Å². The van der Waals surface area contributed by atoms with Crippen LogP contribution in [0, 0.1) is 17.2 Å². The molecule has 0 aromatic heterocycles. The second-order valence-electron chi connectivity index (χ2n) is 6.21. The molecule has 2 rings (SSSR count). The fourth-order valence-electron chi connectivity index (χ4n) is 3.10. The van der Waals surface area contributed by atoms with E-state index in [-0.39, 0.29) is 5.91 Å². The summed E-state index contributed by atoms with van der Waals surface area (Å²) in [6.07, 6.45) is 8.39. The predicted octanol–water partition coefficient (Wildman–Crippen LogP) is 4.27. The number of nitrogens with one attached hydrogen (secondary N) is 1. The molecule has 1 aromatic carbocycles. The summed E-state index contributed by atoms with van der Waals surface area (Å²) < 4.78 is 0. The van der Waals surface area contributed by atoms with Crippen molar-refractivity contribution in [2.75, 3.05) is 12.3 Å². The minimum absolute atomic E-state index is 0.189. The first-order valence-corrected chi connectivity index (χ1v) is 9.77.